The monoisotopic (exact) mass is 193 g/mol. The lowest BCUT2D eigenvalue weighted by molar-refractivity contribution is -0.117. The fourth-order valence-corrected chi connectivity index (χ4v) is 1.48. The van der Waals surface area contributed by atoms with Crippen LogP contribution in [-0.2, 0) is 6.42 Å². The van der Waals surface area contributed by atoms with Gasteiger partial charge in [0.25, 0.3) is 0 Å². The van der Waals surface area contributed by atoms with Crippen LogP contribution < -0.4 is 15.9 Å². The molecule has 3 nitrogen and oxygen atoms in total. The second-order valence-electron chi connectivity index (χ2n) is 3.43. The molecule has 0 fully saturated rings. The molecule has 0 spiro atoms. The predicted octanol–water partition coefficient (Wildman–Crippen LogP) is -0.0292. The van der Waals surface area contributed by atoms with E-state index in [1.807, 2.05) is 19.1 Å². The molecule has 0 saturated heterocycles. The highest BCUT2D eigenvalue weighted by molar-refractivity contribution is 5.77. The van der Waals surface area contributed by atoms with E-state index in [1.54, 1.807) is 7.11 Å². The molecule has 4 N–H and O–H groups in total. The Bertz CT molecular complexity index is 359. The van der Waals surface area contributed by atoms with Crippen LogP contribution in [0.25, 0.3) is 0 Å². The van der Waals surface area contributed by atoms with Crippen molar-refractivity contribution >= 4 is 5.84 Å². The summed E-state index contributed by atoms with van der Waals surface area (Å²) in [5.74, 6) is 1.35. The Morgan fingerprint density at radius 1 is 1.36 bits per heavy atom. The molecule has 0 amide bonds. The lowest BCUT2D eigenvalue weighted by Gasteiger charge is -2.10. The molecule has 0 aliphatic rings. The van der Waals surface area contributed by atoms with Crippen molar-refractivity contribution in [2.75, 3.05) is 7.11 Å². The van der Waals surface area contributed by atoms with Crippen molar-refractivity contribution in [2.24, 2.45) is 5.73 Å². The maximum atomic E-state index is 5.48. The van der Waals surface area contributed by atoms with Crippen molar-refractivity contribution in [3.8, 4) is 5.75 Å². The zero-order valence-electron chi connectivity index (χ0n) is 8.92. The fraction of sp³-hybridized carbons (Fsp3) is 0.364. The van der Waals surface area contributed by atoms with Gasteiger partial charge in [0.15, 0.2) is 0 Å². The molecule has 0 saturated carbocycles. The summed E-state index contributed by atoms with van der Waals surface area (Å²) in [6, 6.07) is 3.95. The zero-order valence-corrected chi connectivity index (χ0v) is 8.92. The van der Waals surface area contributed by atoms with Gasteiger partial charge in [-0.15, -0.1) is 0 Å². The van der Waals surface area contributed by atoms with Crippen molar-refractivity contribution in [3.63, 3.8) is 0 Å². The summed E-state index contributed by atoms with van der Waals surface area (Å²) in [4.78, 5) is 0. The minimum absolute atomic E-state index is 0.442. The predicted molar refractivity (Wildman–Crippen MR) is 57.3 cm³/mol. The third-order valence-electron chi connectivity index (χ3n) is 2.46. The second kappa shape index (κ2) is 4.13. The van der Waals surface area contributed by atoms with Crippen LogP contribution in [0.1, 0.15) is 16.7 Å². The van der Waals surface area contributed by atoms with Gasteiger partial charge in [0, 0.05) is 0 Å². The molecular weight excluding hydrogens is 176 g/mol. The third-order valence-corrected chi connectivity index (χ3v) is 2.46. The van der Waals surface area contributed by atoms with E-state index in [2.05, 4.69) is 6.92 Å². The summed E-state index contributed by atoms with van der Waals surface area (Å²) in [5.41, 5.74) is 8.97. The minimum atomic E-state index is 0.442. The number of hydrogen-bond donors (Lipinski definition) is 2. The maximum Gasteiger partial charge on any atom is 0.242 e. The molecule has 0 radical (unpaired) electrons. The van der Waals surface area contributed by atoms with Gasteiger partial charge in [0.2, 0.25) is 5.84 Å². The van der Waals surface area contributed by atoms with Gasteiger partial charge in [0.05, 0.1) is 13.5 Å². The first-order valence-electron chi connectivity index (χ1n) is 4.56. The van der Waals surface area contributed by atoms with Crippen LogP contribution in [-0.4, -0.2) is 12.9 Å². The number of methoxy groups -OCH3 is 1. The van der Waals surface area contributed by atoms with Gasteiger partial charge < -0.3 is 4.74 Å². The average molecular weight is 193 g/mol. The van der Waals surface area contributed by atoms with Crippen LogP contribution in [0.15, 0.2) is 12.1 Å². The molecule has 0 aromatic heterocycles. The lowest BCUT2D eigenvalue weighted by Crippen LogP contribution is -2.46. The smallest absolute Gasteiger partial charge is 0.242 e. The summed E-state index contributed by atoms with van der Waals surface area (Å²) < 4.78 is 5.22. The van der Waals surface area contributed by atoms with Crippen LogP contribution in [0.4, 0.5) is 0 Å². The maximum absolute atomic E-state index is 5.48. The highest BCUT2D eigenvalue weighted by atomic mass is 16.5. The Labute approximate surface area is 84.4 Å². The van der Waals surface area contributed by atoms with Gasteiger partial charge >= 0.3 is 0 Å². The van der Waals surface area contributed by atoms with E-state index in [4.69, 9.17) is 15.9 Å². The standard InChI is InChI=1S/C11H16N2O/c1-7-8(2)10(14-3)5-4-9(7)6-11(12)13/h4-5H,6H2,1-3H3,(H3,12,13)/p+1. The average Bonchev–Trinajstić information content (AvgIpc) is 2.13. The third kappa shape index (κ3) is 2.05. The minimum Gasteiger partial charge on any atom is -0.496 e. The molecule has 76 valence electrons. The molecule has 1 rings (SSSR count). The van der Waals surface area contributed by atoms with Gasteiger partial charge in [-0.25, -0.2) is 0 Å². The highest BCUT2D eigenvalue weighted by Crippen LogP contribution is 2.23. The highest BCUT2D eigenvalue weighted by Gasteiger charge is 2.08. The summed E-state index contributed by atoms with van der Waals surface area (Å²) in [7, 11) is 1.67. The number of amidine groups is 1. The number of ether oxygens (including phenoxy) is 1. The quantitative estimate of drug-likeness (QED) is 0.523. The van der Waals surface area contributed by atoms with Crippen molar-refractivity contribution in [1.82, 2.24) is 0 Å². The first-order chi connectivity index (χ1) is 6.56. The topological polar surface area (TPSA) is 60.8 Å². The van der Waals surface area contributed by atoms with Gasteiger partial charge in [-0.05, 0) is 36.6 Å². The van der Waals surface area contributed by atoms with Crippen molar-refractivity contribution < 1.29 is 10.1 Å². The Hall–Kier alpha value is -1.51. The van der Waals surface area contributed by atoms with Crippen LogP contribution in [0.3, 0.4) is 0 Å². The fourth-order valence-electron chi connectivity index (χ4n) is 1.48. The normalized spacial score (nSPS) is 9.93. The van der Waals surface area contributed by atoms with Gasteiger partial charge in [0.1, 0.15) is 5.75 Å². The van der Waals surface area contributed by atoms with Gasteiger partial charge in [-0.2, -0.15) is 0 Å². The SMILES string of the molecule is COc1ccc(CC(N)=[NH2+])c(C)c1C. The molecule has 0 bridgehead atoms. The Kier molecular flexibility index (Phi) is 3.12. The lowest BCUT2D eigenvalue weighted by atomic mass is 10.00. The number of rotatable bonds is 3. The summed E-state index contributed by atoms with van der Waals surface area (Å²) >= 11 is 0. The molecule has 0 heterocycles. The Morgan fingerprint density at radius 2 is 2.00 bits per heavy atom. The van der Waals surface area contributed by atoms with E-state index in [-0.39, 0.29) is 0 Å². The molecule has 0 unspecified atom stereocenters. The van der Waals surface area contributed by atoms with Crippen LogP contribution in [0, 0.1) is 13.8 Å². The van der Waals surface area contributed by atoms with Crippen LogP contribution >= 0.6 is 0 Å². The van der Waals surface area contributed by atoms with Crippen molar-refractivity contribution in [1.29, 1.82) is 0 Å². The Balaban J connectivity index is 3.10. The van der Waals surface area contributed by atoms with E-state index in [9.17, 15) is 0 Å². The van der Waals surface area contributed by atoms with Gasteiger partial charge in [-0.1, -0.05) is 6.07 Å². The van der Waals surface area contributed by atoms with Crippen molar-refractivity contribution in [2.45, 2.75) is 20.3 Å². The summed E-state index contributed by atoms with van der Waals surface area (Å²) in [6.45, 7) is 4.08. The zero-order chi connectivity index (χ0) is 10.7. The molecule has 1 aromatic carbocycles. The molecule has 0 atom stereocenters. The molecule has 0 aliphatic heterocycles. The molecule has 1 aromatic rings. The van der Waals surface area contributed by atoms with Gasteiger partial charge in [-0.3, -0.25) is 11.1 Å². The molecule has 3 heteroatoms. The number of hydrogen-bond acceptors (Lipinski definition) is 1. The summed E-state index contributed by atoms with van der Waals surface area (Å²) in [5, 5.41) is 5.48. The number of benzene rings is 1. The first kappa shape index (κ1) is 10.6. The van der Waals surface area contributed by atoms with Crippen LogP contribution in [0.2, 0.25) is 0 Å². The summed E-state index contributed by atoms with van der Waals surface area (Å²) in [6.07, 6.45) is 0.622. The number of nitrogens with two attached hydrogens (primary N) is 2. The van der Waals surface area contributed by atoms with E-state index in [0.717, 1.165) is 16.9 Å². The van der Waals surface area contributed by atoms with E-state index >= 15 is 0 Å². The largest absolute Gasteiger partial charge is 0.496 e. The van der Waals surface area contributed by atoms with E-state index in [0.29, 0.717) is 12.3 Å². The second-order valence-corrected chi connectivity index (χ2v) is 3.43. The molecular formula is C11H17N2O+. The first-order valence-corrected chi connectivity index (χ1v) is 4.56. The molecule has 0 aliphatic carbocycles. The van der Waals surface area contributed by atoms with Crippen molar-refractivity contribution in [3.05, 3.63) is 28.8 Å². The van der Waals surface area contributed by atoms with E-state index in [1.165, 1.54) is 5.56 Å². The Morgan fingerprint density at radius 3 is 2.50 bits per heavy atom. The van der Waals surface area contributed by atoms with Crippen LogP contribution in [0.5, 0.6) is 5.75 Å². The van der Waals surface area contributed by atoms with E-state index < -0.39 is 0 Å². The molecule has 14 heavy (non-hydrogen) atoms.